The largest absolute Gasteiger partial charge is 1.00 e. The summed E-state index contributed by atoms with van der Waals surface area (Å²) in [5, 5.41) is 16.6. The first-order valence-corrected chi connectivity index (χ1v) is 7.11. The highest BCUT2D eigenvalue weighted by Gasteiger charge is 2.25. The van der Waals surface area contributed by atoms with Gasteiger partial charge in [0.1, 0.15) is 18.6 Å². The molecule has 0 aliphatic carbocycles. The number of halogens is 1. The van der Waals surface area contributed by atoms with E-state index in [0.717, 1.165) is 13.1 Å². The van der Waals surface area contributed by atoms with E-state index in [1.807, 2.05) is 0 Å². The average molecular weight is 345 g/mol. The first-order valence-electron chi connectivity index (χ1n) is 7.11. The molecule has 0 saturated carbocycles. The predicted molar refractivity (Wildman–Crippen MR) is 80.9 cm³/mol. The molecular formula is C17H17BrN2O. The highest BCUT2D eigenvalue weighted by atomic mass is 79.9. The molecule has 0 atom stereocenters. The molecule has 0 bridgehead atoms. The first kappa shape index (κ1) is 14.3. The molecule has 0 radical (unpaired) electrons. The van der Waals surface area contributed by atoms with E-state index in [-0.39, 0.29) is 23.6 Å². The van der Waals surface area contributed by atoms with Crippen molar-refractivity contribution in [2.24, 2.45) is 0 Å². The van der Waals surface area contributed by atoms with Crippen molar-refractivity contribution in [3.63, 3.8) is 0 Å². The van der Waals surface area contributed by atoms with Crippen LogP contribution < -0.4 is 26.9 Å². The summed E-state index contributed by atoms with van der Waals surface area (Å²) in [5.41, 5.74) is 2.48. The molecule has 1 aliphatic heterocycles. The Labute approximate surface area is 134 Å². The van der Waals surface area contributed by atoms with E-state index in [2.05, 4.69) is 52.3 Å². The summed E-state index contributed by atoms with van der Waals surface area (Å²) in [6, 6.07) is 14.9. The summed E-state index contributed by atoms with van der Waals surface area (Å²) < 4.78 is 2.36. The SMILES string of the molecule is OCCc1cccc2c1c1ccccc1c1[n+]2CCN1.[Br-]. The molecule has 1 aliphatic rings. The number of benzene rings is 2. The van der Waals surface area contributed by atoms with Crippen LogP contribution in [0.2, 0.25) is 0 Å². The Hall–Kier alpha value is -1.65. The molecule has 0 spiro atoms. The Bertz CT molecular complexity index is 817. The van der Waals surface area contributed by atoms with Crippen molar-refractivity contribution in [1.29, 1.82) is 0 Å². The topological polar surface area (TPSA) is 36.1 Å². The van der Waals surface area contributed by atoms with Gasteiger partial charge in [-0.1, -0.05) is 30.3 Å². The Morgan fingerprint density at radius 3 is 2.67 bits per heavy atom. The fourth-order valence-electron chi connectivity index (χ4n) is 3.33. The Balaban J connectivity index is 0.00000132. The highest BCUT2D eigenvalue weighted by molar-refractivity contribution is 6.09. The maximum atomic E-state index is 9.33. The fourth-order valence-corrected chi connectivity index (χ4v) is 3.33. The summed E-state index contributed by atoms with van der Waals surface area (Å²) in [5.74, 6) is 1.22. The van der Waals surface area contributed by atoms with Crippen LogP contribution >= 0.6 is 0 Å². The monoisotopic (exact) mass is 344 g/mol. The van der Waals surface area contributed by atoms with Crippen LogP contribution in [0.25, 0.3) is 21.7 Å². The van der Waals surface area contributed by atoms with Gasteiger partial charge in [-0.2, -0.15) is 0 Å². The summed E-state index contributed by atoms with van der Waals surface area (Å²) in [6.45, 7) is 2.17. The van der Waals surface area contributed by atoms with Gasteiger partial charge in [-0.3, -0.25) is 5.32 Å². The molecule has 3 aromatic rings. The van der Waals surface area contributed by atoms with Gasteiger partial charge >= 0.3 is 0 Å². The maximum Gasteiger partial charge on any atom is 0.283 e. The van der Waals surface area contributed by atoms with Crippen LogP contribution in [0.4, 0.5) is 5.82 Å². The molecule has 4 heteroatoms. The Kier molecular flexibility index (Phi) is 3.83. The molecule has 21 heavy (non-hydrogen) atoms. The summed E-state index contributed by atoms with van der Waals surface area (Å²) in [6.07, 6.45) is 0.702. The van der Waals surface area contributed by atoms with E-state index in [1.165, 1.54) is 33.1 Å². The third-order valence-corrected chi connectivity index (χ3v) is 4.15. The second kappa shape index (κ2) is 5.62. The van der Waals surface area contributed by atoms with Crippen LogP contribution in [-0.2, 0) is 13.0 Å². The van der Waals surface area contributed by atoms with Crippen molar-refractivity contribution in [3.8, 4) is 0 Å². The lowest BCUT2D eigenvalue weighted by Gasteiger charge is -2.11. The number of nitrogens with one attached hydrogen (secondary N) is 1. The average Bonchev–Trinajstić information content (AvgIpc) is 2.98. The molecule has 0 fully saturated rings. The molecule has 0 saturated heterocycles. The lowest BCUT2D eigenvalue weighted by Crippen LogP contribution is -3.00. The number of anilines is 1. The van der Waals surface area contributed by atoms with Crippen LogP contribution in [0.3, 0.4) is 0 Å². The van der Waals surface area contributed by atoms with Crippen LogP contribution in [0.5, 0.6) is 0 Å². The number of rotatable bonds is 2. The number of hydrogen-bond acceptors (Lipinski definition) is 2. The molecule has 2 aromatic carbocycles. The van der Waals surface area contributed by atoms with Gasteiger partial charge in [-0.15, -0.1) is 0 Å². The fraction of sp³-hybridized carbons (Fsp3) is 0.235. The lowest BCUT2D eigenvalue weighted by atomic mass is 9.99. The summed E-state index contributed by atoms with van der Waals surface area (Å²) >= 11 is 0. The molecule has 1 aromatic heterocycles. The second-order valence-corrected chi connectivity index (χ2v) is 5.26. The molecule has 108 valence electrons. The van der Waals surface area contributed by atoms with E-state index < -0.39 is 0 Å². The standard InChI is InChI=1S/C17H16N2O.BrH/c20-11-8-12-4-3-7-15-16(12)13-5-1-2-6-14(13)17-18-9-10-19(15)17;/h1-7,20H,8-11H2;1H. The van der Waals surface area contributed by atoms with Gasteiger partial charge in [-0.25, -0.2) is 4.57 Å². The van der Waals surface area contributed by atoms with Crippen LogP contribution in [-0.4, -0.2) is 18.3 Å². The van der Waals surface area contributed by atoms with Gasteiger partial charge in [-0.05, 0) is 24.1 Å². The van der Waals surface area contributed by atoms with Gasteiger partial charge in [0.25, 0.3) is 5.82 Å². The smallest absolute Gasteiger partial charge is 0.283 e. The number of fused-ring (bicyclic) bond motifs is 6. The Morgan fingerprint density at radius 1 is 1.05 bits per heavy atom. The van der Waals surface area contributed by atoms with Gasteiger partial charge in [0, 0.05) is 17.4 Å². The molecule has 2 N–H and O–H groups in total. The number of nitrogens with zero attached hydrogens (tertiary/aromatic N) is 1. The summed E-state index contributed by atoms with van der Waals surface area (Å²) in [4.78, 5) is 0. The summed E-state index contributed by atoms with van der Waals surface area (Å²) in [7, 11) is 0. The van der Waals surface area contributed by atoms with E-state index in [4.69, 9.17) is 0 Å². The maximum absolute atomic E-state index is 9.33. The third kappa shape index (κ3) is 2.10. The quantitative estimate of drug-likeness (QED) is 0.474. The van der Waals surface area contributed by atoms with E-state index >= 15 is 0 Å². The van der Waals surface area contributed by atoms with Gasteiger partial charge in [0.15, 0.2) is 0 Å². The molecule has 4 rings (SSSR count). The zero-order valence-corrected chi connectivity index (χ0v) is 13.2. The van der Waals surface area contributed by atoms with Crippen LogP contribution in [0.1, 0.15) is 5.56 Å². The third-order valence-electron chi connectivity index (χ3n) is 4.15. The highest BCUT2D eigenvalue weighted by Crippen LogP contribution is 2.31. The number of pyridine rings is 1. The molecular weight excluding hydrogens is 328 g/mol. The van der Waals surface area contributed by atoms with Gasteiger partial charge in [0.05, 0.1) is 5.39 Å². The van der Waals surface area contributed by atoms with Gasteiger partial charge < -0.3 is 22.1 Å². The van der Waals surface area contributed by atoms with Crippen molar-refractivity contribution < 1.29 is 26.7 Å². The number of aliphatic hydroxyl groups excluding tert-OH is 1. The molecule has 0 unspecified atom stereocenters. The second-order valence-electron chi connectivity index (χ2n) is 5.26. The minimum absolute atomic E-state index is 0. The number of aromatic nitrogens is 1. The van der Waals surface area contributed by atoms with E-state index in [1.54, 1.807) is 0 Å². The zero-order chi connectivity index (χ0) is 13.5. The van der Waals surface area contributed by atoms with Crippen LogP contribution in [0.15, 0.2) is 42.5 Å². The van der Waals surface area contributed by atoms with Crippen molar-refractivity contribution in [3.05, 3.63) is 48.0 Å². The zero-order valence-electron chi connectivity index (χ0n) is 11.6. The molecule has 0 amide bonds. The molecule has 2 heterocycles. The predicted octanol–water partition coefficient (Wildman–Crippen LogP) is -0.755. The number of hydrogen-bond donors (Lipinski definition) is 2. The number of aliphatic hydroxyl groups is 1. The van der Waals surface area contributed by atoms with Crippen molar-refractivity contribution in [2.75, 3.05) is 18.5 Å². The van der Waals surface area contributed by atoms with Gasteiger partial charge in [0.2, 0.25) is 0 Å². The van der Waals surface area contributed by atoms with E-state index in [0.29, 0.717) is 6.42 Å². The normalized spacial score (nSPS) is 13.0. The minimum atomic E-state index is 0. The van der Waals surface area contributed by atoms with E-state index in [9.17, 15) is 5.11 Å². The Morgan fingerprint density at radius 2 is 1.86 bits per heavy atom. The minimum Gasteiger partial charge on any atom is -1.00 e. The van der Waals surface area contributed by atoms with Crippen molar-refractivity contribution >= 4 is 27.5 Å². The van der Waals surface area contributed by atoms with Crippen molar-refractivity contribution in [1.82, 2.24) is 0 Å². The van der Waals surface area contributed by atoms with Crippen molar-refractivity contribution in [2.45, 2.75) is 13.0 Å². The molecule has 3 nitrogen and oxygen atoms in total. The van der Waals surface area contributed by atoms with Crippen LogP contribution in [0, 0.1) is 0 Å². The first-order chi connectivity index (χ1) is 9.90. The lowest BCUT2D eigenvalue weighted by molar-refractivity contribution is -0.643.